The molecule has 2 rings (SSSR count). The van der Waals surface area contributed by atoms with Crippen molar-refractivity contribution >= 4 is 11.9 Å². The van der Waals surface area contributed by atoms with Crippen molar-refractivity contribution in [3.63, 3.8) is 0 Å². The van der Waals surface area contributed by atoms with Crippen molar-refractivity contribution in [2.24, 2.45) is 7.05 Å². The van der Waals surface area contributed by atoms with Crippen molar-refractivity contribution in [3.05, 3.63) is 29.3 Å². The Balaban J connectivity index is 1.89. The van der Waals surface area contributed by atoms with E-state index in [1.165, 1.54) is 4.80 Å². The van der Waals surface area contributed by atoms with Gasteiger partial charge in [0.05, 0.1) is 7.05 Å². The number of tetrazole rings is 1. The van der Waals surface area contributed by atoms with Gasteiger partial charge in [-0.25, -0.2) is 0 Å². The molecule has 1 aromatic carbocycles. The number of rotatable bonds is 4. The number of amides is 1. The molecule has 0 unspecified atom stereocenters. The highest BCUT2D eigenvalue weighted by Gasteiger charge is 2.07. The third kappa shape index (κ3) is 3.77. The van der Waals surface area contributed by atoms with Crippen molar-refractivity contribution in [2.75, 3.05) is 11.9 Å². The Morgan fingerprint density at radius 2 is 2.00 bits per heavy atom. The van der Waals surface area contributed by atoms with E-state index in [1.54, 1.807) is 7.05 Å². The number of hydrogen-bond donors (Lipinski definition) is 1. The summed E-state index contributed by atoms with van der Waals surface area (Å²) in [6.45, 7) is 3.86. The molecule has 0 radical (unpaired) electrons. The summed E-state index contributed by atoms with van der Waals surface area (Å²) in [4.78, 5) is 12.9. The maximum Gasteiger partial charge on any atom is 0.270 e. The quantitative estimate of drug-likeness (QED) is 0.882. The minimum atomic E-state index is -0.327. The summed E-state index contributed by atoms with van der Waals surface area (Å²) < 4.78 is 5.41. The summed E-state index contributed by atoms with van der Waals surface area (Å²) >= 11 is 0. The van der Waals surface area contributed by atoms with Gasteiger partial charge in [-0.2, -0.15) is 4.80 Å². The van der Waals surface area contributed by atoms with Crippen LogP contribution in [0.1, 0.15) is 11.1 Å². The molecular formula is C12H15N5O2. The Morgan fingerprint density at radius 3 is 2.58 bits per heavy atom. The number of carbonyl (C=O) groups excluding carboxylic acids is 1. The SMILES string of the molecule is Cc1cc(C)cc(OCC(=O)Nc2nnn(C)n2)c1. The lowest BCUT2D eigenvalue weighted by molar-refractivity contribution is -0.118. The first-order chi connectivity index (χ1) is 9.02. The molecule has 100 valence electrons. The first-order valence-corrected chi connectivity index (χ1v) is 5.78. The van der Waals surface area contributed by atoms with Crippen molar-refractivity contribution in [2.45, 2.75) is 13.8 Å². The fraction of sp³-hybridized carbons (Fsp3) is 0.333. The third-order valence-electron chi connectivity index (χ3n) is 2.32. The van der Waals surface area contributed by atoms with Crippen LogP contribution in [0.25, 0.3) is 0 Å². The second-order valence-electron chi connectivity index (χ2n) is 4.26. The zero-order valence-electron chi connectivity index (χ0n) is 11.0. The van der Waals surface area contributed by atoms with Crippen LogP contribution in [0.5, 0.6) is 5.75 Å². The number of aromatic nitrogens is 4. The van der Waals surface area contributed by atoms with Gasteiger partial charge >= 0.3 is 0 Å². The molecule has 0 aliphatic carbocycles. The Morgan fingerprint density at radius 1 is 1.32 bits per heavy atom. The van der Waals surface area contributed by atoms with Gasteiger partial charge in [0.25, 0.3) is 11.9 Å². The smallest absolute Gasteiger partial charge is 0.270 e. The van der Waals surface area contributed by atoms with Crippen LogP contribution in [0.2, 0.25) is 0 Å². The molecule has 1 aromatic heterocycles. The van der Waals surface area contributed by atoms with Gasteiger partial charge in [0.1, 0.15) is 5.75 Å². The van der Waals surface area contributed by atoms with E-state index in [2.05, 4.69) is 20.7 Å². The molecule has 1 N–H and O–H groups in total. The number of nitrogens with zero attached hydrogens (tertiary/aromatic N) is 4. The molecule has 0 saturated heterocycles. The normalized spacial score (nSPS) is 10.3. The molecule has 1 amide bonds. The topological polar surface area (TPSA) is 81.9 Å². The number of nitrogens with one attached hydrogen (secondary N) is 1. The van der Waals surface area contributed by atoms with E-state index >= 15 is 0 Å². The van der Waals surface area contributed by atoms with Crippen LogP contribution in [-0.4, -0.2) is 32.7 Å². The van der Waals surface area contributed by atoms with E-state index < -0.39 is 0 Å². The van der Waals surface area contributed by atoms with E-state index in [0.717, 1.165) is 11.1 Å². The highest BCUT2D eigenvalue weighted by molar-refractivity contribution is 5.90. The number of anilines is 1. The predicted molar refractivity (Wildman–Crippen MR) is 68.8 cm³/mol. The minimum Gasteiger partial charge on any atom is -0.484 e. The van der Waals surface area contributed by atoms with E-state index in [4.69, 9.17) is 4.74 Å². The lowest BCUT2D eigenvalue weighted by atomic mass is 10.1. The number of ether oxygens (including phenoxy) is 1. The second-order valence-corrected chi connectivity index (χ2v) is 4.26. The van der Waals surface area contributed by atoms with E-state index in [-0.39, 0.29) is 18.5 Å². The summed E-state index contributed by atoms with van der Waals surface area (Å²) in [5.74, 6) is 0.503. The van der Waals surface area contributed by atoms with Crippen molar-refractivity contribution in [3.8, 4) is 5.75 Å². The van der Waals surface area contributed by atoms with E-state index in [0.29, 0.717) is 5.75 Å². The average molecular weight is 261 g/mol. The van der Waals surface area contributed by atoms with E-state index in [1.807, 2.05) is 32.0 Å². The Kier molecular flexibility index (Phi) is 3.74. The summed E-state index contributed by atoms with van der Waals surface area (Å²) in [6, 6.07) is 5.79. The number of benzene rings is 1. The molecule has 0 bridgehead atoms. The van der Waals surface area contributed by atoms with Crippen LogP contribution >= 0.6 is 0 Å². The molecule has 7 nitrogen and oxygen atoms in total. The first kappa shape index (κ1) is 13.0. The Bertz CT molecular complexity index is 573. The molecule has 0 aliphatic rings. The Labute approximate surface area is 110 Å². The van der Waals surface area contributed by atoms with Gasteiger partial charge < -0.3 is 4.74 Å². The van der Waals surface area contributed by atoms with Crippen LogP contribution < -0.4 is 10.1 Å². The fourth-order valence-corrected chi connectivity index (χ4v) is 1.66. The number of carbonyl (C=O) groups is 1. The van der Waals surface area contributed by atoms with Crippen molar-refractivity contribution in [1.29, 1.82) is 0 Å². The molecular weight excluding hydrogens is 246 g/mol. The maximum absolute atomic E-state index is 11.6. The summed E-state index contributed by atoms with van der Waals surface area (Å²) in [5.41, 5.74) is 2.18. The average Bonchev–Trinajstić information content (AvgIpc) is 2.71. The maximum atomic E-state index is 11.6. The number of hydrogen-bond acceptors (Lipinski definition) is 5. The molecule has 0 atom stereocenters. The molecule has 2 aromatic rings. The molecule has 0 saturated carbocycles. The molecule has 1 heterocycles. The van der Waals surface area contributed by atoms with Crippen LogP contribution in [0.3, 0.4) is 0 Å². The first-order valence-electron chi connectivity index (χ1n) is 5.78. The molecule has 0 fully saturated rings. The van der Waals surface area contributed by atoms with Crippen LogP contribution in [0.15, 0.2) is 18.2 Å². The van der Waals surface area contributed by atoms with Crippen LogP contribution in [0, 0.1) is 13.8 Å². The monoisotopic (exact) mass is 261 g/mol. The van der Waals surface area contributed by atoms with Gasteiger partial charge in [-0.3, -0.25) is 10.1 Å². The lowest BCUT2D eigenvalue weighted by Gasteiger charge is -2.07. The van der Waals surface area contributed by atoms with Gasteiger partial charge in [0.15, 0.2) is 6.61 Å². The Hall–Kier alpha value is -2.44. The number of aryl methyl sites for hydroxylation is 3. The standard InChI is InChI=1S/C12H15N5O2/c1-8-4-9(2)6-10(5-8)19-7-11(18)13-12-14-16-17(3)15-12/h4-6H,7H2,1-3H3,(H,13,15,18). The zero-order valence-corrected chi connectivity index (χ0v) is 11.0. The summed E-state index contributed by atoms with van der Waals surface area (Å²) in [6.07, 6.45) is 0. The second kappa shape index (κ2) is 5.47. The zero-order chi connectivity index (χ0) is 13.8. The summed E-state index contributed by atoms with van der Waals surface area (Å²) in [5, 5.41) is 13.6. The van der Waals surface area contributed by atoms with Crippen LogP contribution in [0.4, 0.5) is 5.95 Å². The largest absolute Gasteiger partial charge is 0.484 e. The molecule has 7 heteroatoms. The molecule has 0 spiro atoms. The van der Waals surface area contributed by atoms with Gasteiger partial charge in [0.2, 0.25) is 0 Å². The predicted octanol–water partition coefficient (Wildman–Crippen LogP) is 0.844. The fourth-order valence-electron chi connectivity index (χ4n) is 1.66. The molecule has 0 aliphatic heterocycles. The van der Waals surface area contributed by atoms with Gasteiger partial charge in [-0.05, 0) is 42.3 Å². The van der Waals surface area contributed by atoms with Crippen molar-refractivity contribution in [1.82, 2.24) is 20.2 Å². The van der Waals surface area contributed by atoms with Gasteiger partial charge in [-0.1, -0.05) is 11.2 Å². The van der Waals surface area contributed by atoms with E-state index in [9.17, 15) is 4.79 Å². The lowest BCUT2D eigenvalue weighted by Crippen LogP contribution is -2.21. The highest BCUT2D eigenvalue weighted by atomic mass is 16.5. The van der Waals surface area contributed by atoms with Gasteiger partial charge in [0, 0.05) is 0 Å². The summed E-state index contributed by atoms with van der Waals surface area (Å²) in [7, 11) is 1.62. The third-order valence-corrected chi connectivity index (χ3v) is 2.32. The van der Waals surface area contributed by atoms with Crippen LogP contribution in [-0.2, 0) is 11.8 Å². The molecule has 19 heavy (non-hydrogen) atoms. The van der Waals surface area contributed by atoms with Gasteiger partial charge in [-0.15, -0.1) is 5.10 Å². The highest BCUT2D eigenvalue weighted by Crippen LogP contribution is 2.15. The minimum absolute atomic E-state index is 0.0961. The van der Waals surface area contributed by atoms with Crippen molar-refractivity contribution < 1.29 is 9.53 Å².